The largest absolute Gasteiger partial charge is 0.463 e. The summed E-state index contributed by atoms with van der Waals surface area (Å²) in [6.45, 7) is 2.62. The molecule has 0 aliphatic rings. The first-order valence-corrected chi connectivity index (χ1v) is 5.83. The summed E-state index contributed by atoms with van der Waals surface area (Å²) in [4.78, 5) is 10.9. The van der Waals surface area contributed by atoms with E-state index in [1.54, 1.807) is 6.92 Å². The molecular weight excluding hydrogens is 262 g/mol. The molecule has 0 aliphatic heterocycles. The smallest absolute Gasteiger partial charge is 0.392 e. The number of hydrogen-bond acceptors (Lipinski definition) is 5. The Morgan fingerprint density at radius 3 is 2.41 bits per heavy atom. The molecule has 6 nitrogen and oxygen atoms in total. The van der Waals surface area contributed by atoms with Gasteiger partial charge in [-0.3, -0.25) is 4.55 Å². The Morgan fingerprint density at radius 2 is 2.00 bits per heavy atom. The molecule has 0 saturated carbocycles. The van der Waals surface area contributed by atoms with E-state index < -0.39 is 34.6 Å². The highest BCUT2D eigenvalue weighted by molar-refractivity contribution is 7.86. The fourth-order valence-electron chi connectivity index (χ4n) is 0.660. The average molecular weight is 274 g/mol. The molecule has 0 amide bonds. The summed E-state index contributed by atoms with van der Waals surface area (Å²) in [5.74, 6) is -0.831. The van der Waals surface area contributed by atoms with Gasteiger partial charge in [0.1, 0.15) is 6.61 Å². The molecule has 17 heavy (non-hydrogen) atoms. The maximum Gasteiger partial charge on any atom is 0.392 e. The van der Waals surface area contributed by atoms with Gasteiger partial charge >= 0.3 is 21.3 Å². The van der Waals surface area contributed by atoms with E-state index in [9.17, 15) is 22.0 Å². The summed E-state index contributed by atoms with van der Waals surface area (Å²) in [5, 5.41) is -4.43. The molecule has 0 atom stereocenters. The van der Waals surface area contributed by atoms with Crippen molar-refractivity contribution in [1.82, 2.24) is 0 Å². The molecule has 0 radical (unpaired) electrons. The van der Waals surface area contributed by atoms with Crippen LogP contribution in [0.3, 0.4) is 0 Å². The highest BCUT2D eigenvalue weighted by Gasteiger charge is 2.44. The Bertz CT molecular complexity index is 389. The van der Waals surface area contributed by atoms with E-state index in [1.807, 2.05) is 0 Å². The Morgan fingerprint density at radius 1 is 1.47 bits per heavy atom. The van der Waals surface area contributed by atoms with E-state index in [2.05, 4.69) is 16.1 Å². The quantitative estimate of drug-likeness (QED) is 0.415. The fraction of sp³-hybridized carbons (Fsp3) is 0.625. The van der Waals surface area contributed by atoms with E-state index in [0.29, 0.717) is 0 Å². The van der Waals surface area contributed by atoms with Crippen LogP contribution in [0, 0.1) is 0 Å². The molecule has 0 rings (SSSR count). The second-order valence-electron chi connectivity index (χ2n) is 2.93. The Hall–Kier alpha value is -1.06. The van der Waals surface area contributed by atoms with Crippen LogP contribution < -0.4 is 0 Å². The van der Waals surface area contributed by atoms with Gasteiger partial charge in [-0.25, -0.2) is 4.79 Å². The van der Waals surface area contributed by atoms with E-state index in [0.717, 1.165) is 0 Å². The van der Waals surface area contributed by atoms with Gasteiger partial charge in [0, 0.05) is 0 Å². The predicted octanol–water partition coefficient (Wildman–Crippen LogP) is 0.603. The van der Waals surface area contributed by atoms with Gasteiger partial charge in [0.05, 0.1) is 18.8 Å². The van der Waals surface area contributed by atoms with Crippen molar-refractivity contribution in [3.63, 3.8) is 0 Å². The minimum absolute atomic E-state index is 0.0824. The topological polar surface area (TPSA) is 89.9 Å². The van der Waals surface area contributed by atoms with Crippen molar-refractivity contribution in [2.45, 2.75) is 12.2 Å². The molecule has 0 aliphatic carbocycles. The minimum Gasteiger partial charge on any atom is -0.463 e. The van der Waals surface area contributed by atoms with Gasteiger partial charge in [-0.05, 0) is 6.92 Å². The van der Waals surface area contributed by atoms with Gasteiger partial charge in [0.25, 0.3) is 0 Å². The number of rotatable bonds is 7. The van der Waals surface area contributed by atoms with Crippen molar-refractivity contribution < 1.29 is 36.0 Å². The Kier molecular flexibility index (Phi) is 5.66. The molecule has 0 saturated heterocycles. The predicted molar refractivity (Wildman–Crippen MR) is 53.1 cm³/mol. The zero-order valence-electron chi connectivity index (χ0n) is 8.98. The van der Waals surface area contributed by atoms with Gasteiger partial charge in [-0.1, -0.05) is 6.58 Å². The molecule has 0 unspecified atom stereocenters. The fourth-order valence-corrected chi connectivity index (χ4v) is 0.892. The van der Waals surface area contributed by atoms with Gasteiger partial charge in [0.2, 0.25) is 0 Å². The monoisotopic (exact) mass is 274 g/mol. The molecule has 0 aromatic heterocycles. The number of halogens is 2. The van der Waals surface area contributed by atoms with Crippen LogP contribution in [-0.2, 0) is 24.4 Å². The lowest BCUT2D eigenvalue weighted by molar-refractivity contribution is -0.139. The lowest BCUT2D eigenvalue weighted by atomic mass is 10.3. The van der Waals surface area contributed by atoms with E-state index in [1.165, 1.54) is 0 Å². The van der Waals surface area contributed by atoms with E-state index in [4.69, 9.17) is 4.55 Å². The van der Waals surface area contributed by atoms with Crippen LogP contribution in [-0.4, -0.2) is 44.0 Å². The maximum absolute atomic E-state index is 12.6. The van der Waals surface area contributed by atoms with Gasteiger partial charge in [-0.2, -0.15) is 17.2 Å². The van der Waals surface area contributed by atoms with Gasteiger partial charge in [-0.15, -0.1) is 0 Å². The van der Waals surface area contributed by atoms with Crippen molar-refractivity contribution >= 4 is 16.1 Å². The molecule has 0 bridgehead atoms. The van der Waals surface area contributed by atoms with Gasteiger partial charge in [0.15, 0.2) is 0 Å². The molecule has 0 aromatic rings. The summed E-state index contributed by atoms with van der Waals surface area (Å²) in [5.41, 5.74) is -0.238. The van der Waals surface area contributed by atoms with Crippen LogP contribution in [0.2, 0.25) is 0 Å². The molecule has 0 spiro atoms. The number of carbonyl (C=O) groups is 1. The second-order valence-corrected chi connectivity index (χ2v) is 4.48. The van der Waals surface area contributed by atoms with E-state index in [-0.39, 0.29) is 12.2 Å². The zero-order valence-corrected chi connectivity index (χ0v) is 9.80. The van der Waals surface area contributed by atoms with Crippen molar-refractivity contribution in [1.29, 1.82) is 0 Å². The molecular formula is C8H12F2O6S. The third kappa shape index (κ3) is 5.20. The number of hydrogen-bond donors (Lipinski definition) is 1. The van der Waals surface area contributed by atoms with Crippen molar-refractivity contribution in [3.8, 4) is 0 Å². The number of ether oxygens (including phenoxy) is 2. The van der Waals surface area contributed by atoms with Crippen molar-refractivity contribution in [2.75, 3.05) is 19.8 Å². The normalized spacial score (nSPS) is 12.2. The van der Waals surface area contributed by atoms with Crippen LogP contribution in [0.4, 0.5) is 8.78 Å². The molecule has 100 valence electrons. The van der Waals surface area contributed by atoms with Crippen LogP contribution in [0.1, 0.15) is 6.92 Å². The van der Waals surface area contributed by atoms with Crippen LogP contribution >= 0.6 is 0 Å². The minimum atomic E-state index is -5.53. The van der Waals surface area contributed by atoms with Gasteiger partial charge < -0.3 is 9.47 Å². The summed E-state index contributed by atoms with van der Waals surface area (Å²) in [7, 11) is -5.53. The third-order valence-corrected chi connectivity index (χ3v) is 2.36. The Labute approximate surface area is 97.0 Å². The summed E-state index contributed by atoms with van der Waals surface area (Å²) < 4.78 is 62.5. The summed E-state index contributed by atoms with van der Waals surface area (Å²) >= 11 is 0. The first-order valence-electron chi connectivity index (χ1n) is 4.39. The zero-order chi connectivity index (χ0) is 13.7. The maximum atomic E-state index is 12.6. The first-order chi connectivity index (χ1) is 7.62. The molecule has 1 N–H and O–H groups in total. The number of alkyl halides is 2. The lowest BCUT2D eigenvalue weighted by Gasteiger charge is -2.13. The lowest BCUT2D eigenvalue weighted by Crippen LogP contribution is -2.34. The first kappa shape index (κ1) is 15.9. The standard InChI is InChI=1S/C8H12F2O6S/c1-3-16-7(11)6(2)4-15-5-8(9,10)17(12,13)14/h2-5H2,1H3,(H,12,13,14). The van der Waals surface area contributed by atoms with Crippen LogP contribution in [0.5, 0.6) is 0 Å². The SMILES string of the molecule is C=C(COCC(F)(F)S(=O)(=O)O)C(=O)OCC. The molecule has 0 heterocycles. The summed E-state index contributed by atoms with van der Waals surface area (Å²) in [6.07, 6.45) is 0. The molecule has 0 fully saturated rings. The molecule has 0 aromatic carbocycles. The number of carbonyl (C=O) groups excluding carboxylic acids is 1. The van der Waals surface area contributed by atoms with Crippen molar-refractivity contribution in [3.05, 3.63) is 12.2 Å². The van der Waals surface area contributed by atoms with Crippen LogP contribution in [0.15, 0.2) is 12.2 Å². The highest BCUT2D eigenvalue weighted by atomic mass is 32.2. The molecule has 9 heteroatoms. The number of esters is 1. The average Bonchev–Trinajstić information content (AvgIpc) is 2.15. The third-order valence-electron chi connectivity index (χ3n) is 1.49. The second kappa shape index (κ2) is 6.03. The summed E-state index contributed by atoms with van der Waals surface area (Å²) in [6, 6.07) is 0. The highest BCUT2D eigenvalue weighted by Crippen LogP contribution is 2.20. The Balaban J connectivity index is 4.17. The van der Waals surface area contributed by atoms with Crippen LogP contribution in [0.25, 0.3) is 0 Å². The van der Waals surface area contributed by atoms with E-state index >= 15 is 0 Å². The van der Waals surface area contributed by atoms with Crippen molar-refractivity contribution in [2.24, 2.45) is 0 Å².